The van der Waals surface area contributed by atoms with E-state index in [0.29, 0.717) is 5.92 Å². The fourth-order valence-corrected chi connectivity index (χ4v) is 2.32. The molecule has 0 aromatic carbocycles. The second kappa shape index (κ2) is 8.12. The third-order valence-electron chi connectivity index (χ3n) is 3.37. The molecule has 1 saturated carbocycles. The summed E-state index contributed by atoms with van der Waals surface area (Å²) in [5.74, 6) is 0.584. The van der Waals surface area contributed by atoms with E-state index >= 15 is 0 Å². The normalized spacial score (nSPS) is 19.6. The second-order valence-electron chi connectivity index (χ2n) is 4.72. The number of aliphatic hydroxyl groups is 1. The molecule has 1 atom stereocenters. The van der Waals surface area contributed by atoms with Gasteiger partial charge in [-0.15, -0.1) is 0 Å². The Morgan fingerprint density at radius 1 is 1.20 bits per heavy atom. The van der Waals surface area contributed by atoms with Gasteiger partial charge >= 0.3 is 0 Å². The van der Waals surface area contributed by atoms with Crippen molar-refractivity contribution in [2.24, 2.45) is 5.92 Å². The molecule has 2 nitrogen and oxygen atoms in total. The maximum Gasteiger partial charge on any atom is 0.0569 e. The van der Waals surface area contributed by atoms with Gasteiger partial charge in [0.15, 0.2) is 0 Å². The lowest BCUT2D eigenvalue weighted by molar-refractivity contribution is 0.0763. The fourth-order valence-electron chi connectivity index (χ4n) is 2.32. The standard InChI is InChI=1S/C13H26O2/c1-2-3-10-15-11-6-9-13(14)12-7-4-5-8-12/h12-14H,2-11H2,1H3. The molecule has 1 aliphatic rings. The molecule has 0 heterocycles. The Morgan fingerprint density at radius 2 is 1.87 bits per heavy atom. The van der Waals surface area contributed by atoms with E-state index in [4.69, 9.17) is 4.74 Å². The quantitative estimate of drug-likeness (QED) is 0.629. The summed E-state index contributed by atoms with van der Waals surface area (Å²) in [6, 6.07) is 0. The summed E-state index contributed by atoms with van der Waals surface area (Å²) in [6.45, 7) is 3.88. The fraction of sp³-hybridized carbons (Fsp3) is 1.00. The SMILES string of the molecule is CCCCOCCCC(O)C1CCCC1. The molecule has 15 heavy (non-hydrogen) atoms. The van der Waals surface area contributed by atoms with Crippen molar-refractivity contribution in [2.45, 2.75) is 64.4 Å². The van der Waals surface area contributed by atoms with Gasteiger partial charge in [0, 0.05) is 13.2 Å². The van der Waals surface area contributed by atoms with Crippen LogP contribution in [0.4, 0.5) is 0 Å². The summed E-state index contributed by atoms with van der Waals surface area (Å²) < 4.78 is 5.48. The summed E-state index contributed by atoms with van der Waals surface area (Å²) in [5, 5.41) is 9.90. The summed E-state index contributed by atoms with van der Waals surface area (Å²) in [6.07, 6.45) is 9.33. The van der Waals surface area contributed by atoms with Gasteiger partial charge in [0.2, 0.25) is 0 Å². The molecule has 0 aromatic rings. The van der Waals surface area contributed by atoms with Crippen molar-refractivity contribution in [2.75, 3.05) is 13.2 Å². The average Bonchev–Trinajstić information content (AvgIpc) is 2.76. The minimum atomic E-state index is -0.0673. The Kier molecular flexibility index (Phi) is 7.03. The van der Waals surface area contributed by atoms with Crippen LogP contribution in [0.5, 0.6) is 0 Å². The highest BCUT2D eigenvalue weighted by atomic mass is 16.5. The number of ether oxygens (including phenoxy) is 1. The van der Waals surface area contributed by atoms with Gasteiger partial charge in [-0.05, 0) is 38.0 Å². The number of unbranched alkanes of at least 4 members (excludes halogenated alkanes) is 1. The largest absolute Gasteiger partial charge is 0.393 e. The number of hydrogen-bond acceptors (Lipinski definition) is 2. The van der Waals surface area contributed by atoms with Crippen molar-refractivity contribution >= 4 is 0 Å². The van der Waals surface area contributed by atoms with Gasteiger partial charge < -0.3 is 9.84 Å². The lowest BCUT2D eigenvalue weighted by atomic mass is 9.97. The van der Waals surface area contributed by atoms with E-state index in [2.05, 4.69) is 6.92 Å². The first-order valence-corrected chi connectivity index (χ1v) is 6.60. The van der Waals surface area contributed by atoms with E-state index in [9.17, 15) is 5.11 Å². The minimum Gasteiger partial charge on any atom is -0.393 e. The molecule has 0 bridgehead atoms. The van der Waals surface area contributed by atoms with Gasteiger partial charge in [0.1, 0.15) is 0 Å². The van der Waals surface area contributed by atoms with Gasteiger partial charge in [-0.25, -0.2) is 0 Å². The van der Waals surface area contributed by atoms with Crippen molar-refractivity contribution in [3.05, 3.63) is 0 Å². The molecule has 0 aromatic heterocycles. The number of hydrogen-bond donors (Lipinski definition) is 1. The zero-order valence-electron chi connectivity index (χ0n) is 10.1. The third-order valence-corrected chi connectivity index (χ3v) is 3.37. The topological polar surface area (TPSA) is 29.5 Å². The van der Waals surface area contributed by atoms with Crippen LogP contribution in [0.2, 0.25) is 0 Å². The van der Waals surface area contributed by atoms with E-state index in [0.717, 1.165) is 32.5 Å². The first-order valence-electron chi connectivity index (χ1n) is 6.60. The zero-order chi connectivity index (χ0) is 10.9. The molecule has 0 spiro atoms. The van der Waals surface area contributed by atoms with Crippen LogP contribution in [0.1, 0.15) is 58.3 Å². The molecular weight excluding hydrogens is 188 g/mol. The molecule has 0 amide bonds. The highest BCUT2D eigenvalue weighted by molar-refractivity contribution is 4.74. The van der Waals surface area contributed by atoms with E-state index < -0.39 is 0 Å². The Morgan fingerprint density at radius 3 is 2.53 bits per heavy atom. The zero-order valence-corrected chi connectivity index (χ0v) is 10.1. The van der Waals surface area contributed by atoms with Gasteiger partial charge in [-0.1, -0.05) is 26.2 Å². The lowest BCUT2D eigenvalue weighted by Crippen LogP contribution is -2.18. The Labute approximate surface area is 94.0 Å². The van der Waals surface area contributed by atoms with E-state index in [1.807, 2.05) is 0 Å². The Bertz CT molecular complexity index is 141. The molecule has 0 radical (unpaired) electrons. The first kappa shape index (κ1) is 13.0. The lowest BCUT2D eigenvalue weighted by Gasteiger charge is -2.17. The number of rotatable bonds is 8. The maximum atomic E-state index is 9.90. The van der Waals surface area contributed by atoms with Crippen LogP contribution in [-0.4, -0.2) is 24.4 Å². The first-order chi connectivity index (χ1) is 7.34. The van der Waals surface area contributed by atoms with Crippen molar-refractivity contribution < 1.29 is 9.84 Å². The van der Waals surface area contributed by atoms with Crippen LogP contribution in [0.15, 0.2) is 0 Å². The van der Waals surface area contributed by atoms with Crippen LogP contribution in [0.25, 0.3) is 0 Å². The molecule has 2 heteroatoms. The molecule has 1 aliphatic carbocycles. The Hall–Kier alpha value is -0.0800. The van der Waals surface area contributed by atoms with Gasteiger partial charge in [-0.2, -0.15) is 0 Å². The van der Waals surface area contributed by atoms with Gasteiger partial charge in [-0.3, -0.25) is 0 Å². The molecule has 0 saturated heterocycles. The highest BCUT2D eigenvalue weighted by Gasteiger charge is 2.22. The van der Waals surface area contributed by atoms with Gasteiger partial charge in [0.05, 0.1) is 6.10 Å². The van der Waals surface area contributed by atoms with Crippen LogP contribution in [0, 0.1) is 5.92 Å². The van der Waals surface area contributed by atoms with E-state index in [1.54, 1.807) is 0 Å². The summed E-state index contributed by atoms with van der Waals surface area (Å²) in [5.41, 5.74) is 0. The molecule has 1 N–H and O–H groups in total. The monoisotopic (exact) mass is 214 g/mol. The van der Waals surface area contributed by atoms with Crippen LogP contribution in [-0.2, 0) is 4.74 Å². The van der Waals surface area contributed by atoms with E-state index in [-0.39, 0.29) is 6.10 Å². The van der Waals surface area contributed by atoms with Crippen molar-refractivity contribution in [1.29, 1.82) is 0 Å². The van der Waals surface area contributed by atoms with Crippen LogP contribution < -0.4 is 0 Å². The van der Waals surface area contributed by atoms with Crippen molar-refractivity contribution in [3.63, 3.8) is 0 Å². The summed E-state index contributed by atoms with van der Waals surface area (Å²) >= 11 is 0. The number of aliphatic hydroxyl groups excluding tert-OH is 1. The van der Waals surface area contributed by atoms with Gasteiger partial charge in [0.25, 0.3) is 0 Å². The second-order valence-corrected chi connectivity index (χ2v) is 4.72. The predicted octanol–water partition coefficient (Wildman–Crippen LogP) is 3.13. The van der Waals surface area contributed by atoms with Crippen LogP contribution >= 0.6 is 0 Å². The predicted molar refractivity (Wildman–Crippen MR) is 62.9 cm³/mol. The smallest absolute Gasteiger partial charge is 0.0569 e. The molecule has 1 unspecified atom stereocenters. The molecule has 0 aliphatic heterocycles. The highest BCUT2D eigenvalue weighted by Crippen LogP contribution is 2.29. The molecule has 1 rings (SSSR count). The van der Waals surface area contributed by atoms with E-state index in [1.165, 1.54) is 32.1 Å². The molecule has 1 fully saturated rings. The molecule has 90 valence electrons. The maximum absolute atomic E-state index is 9.90. The average molecular weight is 214 g/mol. The minimum absolute atomic E-state index is 0.0673. The summed E-state index contributed by atoms with van der Waals surface area (Å²) in [4.78, 5) is 0. The third kappa shape index (κ3) is 5.53. The summed E-state index contributed by atoms with van der Waals surface area (Å²) in [7, 11) is 0. The van der Waals surface area contributed by atoms with Crippen molar-refractivity contribution in [1.82, 2.24) is 0 Å². The Balaban J connectivity index is 1.90. The molecular formula is C13H26O2. The van der Waals surface area contributed by atoms with Crippen molar-refractivity contribution in [3.8, 4) is 0 Å². The van der Waals surface area contributed by atoms with Crippen LogP contribution in [0.3, 0.4) is 0 Å².